The van der Waals surface area contributed by atoms with E-state index in [4.69, 9.17) is 11.6 Å². The Labute approximate surface area is 133 Å². The van der Waals surface area contributed by atoms with Gasteiger partial charge in [-0.2, -0.15) is 0 Å². The first-order chi connectivity index (χ1) is 10.7. The molecule has 0 bridgehead atoms. The minimum atomic E-state index is -0.432. The minimum Gasteiger partial charge on any atom is -0.280 e. The summed E-state index contributed by atoms with van der Waals surface area (Å²) in [6, 6.07) is 8.41. The summed E-state index contributed by atoms with van der Waals surface area (Å²) >= 11 is 7.36. The smallest absolute Gasteiger partial charge is 0.187 e. The van der Waals surface area contributed by atoms with E-state index < -0.39 is 5.82 Å². The highest BCUT2D eigenvalue weighted by Crippen LogP contribution is 2.26. The van der Waals surface area contributed by atoms with E-state index in [1.54, 1.807) is 17.6 Å². The quantitative estimate of drug-likeness (QED) is 0.550. The molecule has 0 aliphatic heterocycles. The summed E-state index contributed by atoms with van der Waals surface area (Å²) < 4.78 is 15.2. The average molecular weight is 331 g/mol. The standard InChI is InChI=1S/C15H8ClFN4S/c16-11-5-9(1-3-12(11)17)10-2-4-14-19-20-15(21(14)6-10)13-7-22-8-18-13/h1-8H. The number of aromatic nitrogens is 4. The normalized spacial score (nSPS) is 11.2. The highest BCUT2D eigenvalue weighted by atomic mass is 35.5. The summed E-state index contributed by atoms with van der Waals surface area (Å²) in [4.78, 5) is 4.26. The Bertz CT molecular complexity index is 965. The maximum Gasteiger partial charge on any atom is 0.187 e. The Balaban J connectivity index is 1.89. The molecule has 1 aromatic carbocycles. The molecule has 0 saturated carbocycles. The molecule has 0 aliphatic carbocycles. The number of pyridine rings is 1. The highest BCUT2D eigenvalue weighted by Gasteiger charge is 2.11. The Kier molecular flexibility index (Phi) is 3.13. The van der Waals surface area contributed by atoms with Crippen LogP contribution in [0, 0.1) is 5.82 Å². The number of halogens is 2. The van der Waals surface area contributed by atoms with E-state index in [2.05, 4.69) is 15.2 Å². The topological polar surface area (TPSA) is 43.1 Å². The Morgan fingerprint density at radius 3 is 2.73 bits per heavy atom. The molecule has 3 aromatic heterocycles. The van der Waals surface area contributed by atoms with Gasteiger partial charge >= 0.3 is 0 Å². The zero-order chi connectivity index (χ0) is 15.1. The molecule has 4 aromatic rings. The predicted molar refractivity (Wildman–Crippen MR) is 84.5 cm³/mol. The molecular formula is C15H8ClFN4S. The molecule has 0 atom stereocenters. The number of benzene rings is 1. The van der Waals surface area contributed by atoms with Crippen LogP contribution in [-0.4, -0.2) is 19.6 Å². The average Bonchev–Trinajstić information content (AvgIpc) is 3.17. The minimum absolute atomic E-state index is 0.0982. The first-order valence-corrected chi connectivity index (χ1v) is 7.73. The van der Waals surface area contributed by atoms with Crippen molar-refractivity contribution in [2.45, 2.75) is 0 Å². The van der Waals surface area contributed by atoms with Gasteiger partial charge in [-0.25, -0.2) is 9.37 Å². The summed E-state index contributed by atoms with van der Waals surface area (Å²) in [5, 5.41) is 10.3. The zero-order valence-corrected chi connectivity index (χ0v) is 12.6. The number of hydrogen-bond acceptors (Lipinski definition) is 4. The largest absolute Gasteiger partial charge is 0.280 e. The lowest BCUT2D eigenvalue weighted by molar-refractivity contribution is 0.628. The van der Waals surface area contributed by atoms with Gasteiger partial charge in [-0.15, -0.1) is 21.5 Å². The lowest BCUT2D eigenvalue weighted by Gasteiger charge is -2.05. The van der Waals surface area contributed by atoms with E-state index in [1.807, 2.05) is 28.1 Å². The molecule has 0 fully saturated rings. The molecule has 108 valence electrons. The first kappa shape index (κ1) is 13.4. The number of thiazole rings is 1. The first-order valence-electron chi connectivity index (χ1n) is 6.41. The third-order valence-corrected chi connectivity index (χ3v) is 4.19. The van der Waals surface area contributed by atoms with Gasteiger partial charge in [0.2, 0.25) is 0 Å². The fourth-order valence-electron chi connectivity index (χ4n) is 2.23. The molecule has 0 saturated heterocycles. The van der Waals surface area contributed by atoms with E-state index in [9.17, 15) is 4.39 Å². The fraction of sp³-hybridized carbons (Fsp3) is 0. The number of rotatable bonds is 2. The van der Waals surface area contributed by atoms with Crippen LogP contribution in [0.15, 0.2) is 47.4 Å². The van der Waals surface area contributed by atoms with E-state index in [0.29, 0.717) is 5.82 Å². The molecule has 4 nitrogen and oxygen atoms in total. The molecule has 0 unspecified atom stereocenters. The summed E-state index contributed by atoms with van der Waals surface area (Å²) in [7, 11) is 0. The van der Waals surface area contributed by atoms with Crippen molar-refractivity contribution >= 4 is 28.6 Å². The van der Waals surface area contributed by atoms with Gasteiger partial charge in [0.05, 0.1) is 10.5 Å². The fourth-order valence-corrected chi connectivity index (χ4v) is 2.95. The van der Waals surface area contributed by atoms with E-state index in [0.717, 1.165) is 22.5 Å². The maximum atomic E-state index is 13.3. The van der Waals surface area contributed by atoms with Crippen molar-refractivity contribution in [3.63, 3.8) is 0 Å². The molecule has 3 heterocycles. The van der Waals surface area contributed by atoms with Crippen molar-refractivity contribution < 1.29 is 4.39 Å². The van der Waals surface area contributed by atoms with Crippen LogP contribution in [0.3, 0.4) is 0 Å². The van der Waals surface area contributed by atoms with Gasteiger partial charge < -0.3 is 0 Å². The summed E-state index contributed by atoms with van der Waals surface area (Å²) in [5.74, 6) is 0.241. The Morgan fingerprint density at radius 1 is 1.09 bits per heavy atom. The number of nitrogens with zero attached hydrogens (tertiary/aromatic N) is 4. The van der Waals surface area contributed by atoms with Crippen molar-refractivity contribution in [2.24, 2.45) is 0 Å². The van der Waals surface area contributed by atoms with Gasteiger partial charge in [-0.05, 0) is 35.4 Å². The SMILES string of the molecule is Fc1ccc(-c2ccc3nnc(-c4cscn4)n3c2)cc1Cl. The van der Waals surface area contributed by atoms with Gasteiger partial charge in [-0.1, -0.05) is 17.7 Å². The number of hydrogen-bond donors (Lipinski definition) is 0. The maximum absolute atomic E-state index is 13.3. The highest BCUT2D eigenvalue weighted by molar-refractivity contribution is 7.07. The second-order valence-electron chi connectivity index (χ2n) is 4.67. The lowest BCUT2D eigenvalue weighted by atomic mass is 10.1. The molecular weight excluding hydrogens is 323 g/mol. The summed E-state index contributed by atoms with van der Waals surface area (Å²) in [6.07, 6.45) is 1.90. The zero-order valence-electron chi connectivity index (χ0n) is 11.1. The van der Waals surface area contributed by atoms with E-state index >= 15 is 0 Å². The van der Waals surface area contributed by atoms with Crippen LogP contribution < -0.4 is 0 Å². The molecule has 0 radical (unpaired) electrons. The molecule has 7 heteroatoms. The van der Waals surface area contributed by atoms with Crippen molar-refractivity contribution in [1.82, 2.24) is 19.6 Å². The summed E-state index contributed by atoms with van der Waals surface area (Å²) in [5.41, 5.74) is 4.96. The molecule has 22 heavy (non-hydrogen) atoms. The van der Waals surface area contributed by atoms with Crippen LogP contribution in [0.5, 0.6) is 0 Å². The van der Waals surface area contributed by atoms with Gasteiger partial charge in [0.25, 0.3) is 0 Å². The Morgan fingerprint density at radius 2 is 1.95 bits per heavy atom. The van der Waals surface area contributed by atoms with Crippen molar-refractivity contribution in [1.29, 1.82) is 0 Å². The monoisotopic (exact) mass is 330 g/mol. The predicted octanol–water partition coefficient (Wildman–Crippen LogP) is 4.31. The summed E-state index contributed by atoms with van der Waals surface area (Å²) in [6.45, 7) is 0. The molecule has 0 N–H and O–H groups in total. The van der Waals surface area contributed by atoms with Crippen LogP contribution in [0.25, 0.3) is 28.3 Å². The second kappa shape index (κ2) is 5.15. The van der Waals surface area contributed by atoms with Crippen molar-refractivity contribution in [3.05, 3.63) is 58.3 Å². The number of fused-ring (bicyclic) bond motifs is 1. The van der Waals surface area contributed by atoms with Gasteiger partial charge in [-0.3, -0.25) is 4.40 Å². The third kappa shape index (κ3) is 2.17. The molecule has 4 rings (SSSR count). The van der Waals surface area contributed by atoms with Gasteiger partial charge in [0, 0.05) is 11.6 Å². The van der Waals surface area contributed by atoms with Crippen molar-refractivity contribution in [3.8, 4) is 22.6 Å². The van der Waals surface area contributed by atoms with Crippen LogP contribution >= 0.6 is 22.9 Å². The third-order valence-electron chi connectivity index (χ3n) is 3.32. The Hall–Kier alpha value is -2.31. The van der Waals surface area contributed by atoms with Gasteiger partial charge in [0.15, 0.2) is 11.5 Å². The van der Waals surface area contributed by atoms with Gasteiger partial charge in [0.1, 0.15) is 11.5 Å². The molecule has 0 aliphatic rings. The lowest BCUT2D eigenvalue weighted by Crippen LogP contribution is -1.91. The van der Waals surface area contributed by atoms with Crippen LogP contribution in [-0.2, 0) is 0 Å². The van der Waals surface area contributed by atoms with E-state index in [1.165, 1.54) is 17.4 Å². The van der Waals surface area contributed by atoms with Crippen LogP contribution in [0.2, 0.25) is 5.02 Å². The molecule has 0 spiro atoms. The van der Waals surface area contributed by atoms with E-state index in [-0.39, 0.29) is 5.02 Å². The molecule has 0 amide bonds. The van der Waals surface area contributed by atoms with Crippen LogP contribution in [0.4, 0.5) is 4.39 Å². The van der Waals surface area contributed by atoms with Crippen LogP contribution in [0.1, 0.15) is 0 Å². The second-order valence-corrected chi connectivity index (χ2v) is 5.80. The van der Waals surface area contributed by atoms with Crippen molar-refractivity contribution in [2.75, 3.05) is 0 Å².